The number of aromatic nitrogens is 1. The average Bonchev–Trinajstić information content (AvgIpc) is 3.52. The summed E-state index contributed by atoms with van der Waals surface area (Å²) in [5.41, 5.74) is 4.16. The maximum absolute atomic E-state index is 12.8. The van der Waals surface area contributed by atoms with E-state index < -0.39 is 0 Å². The fourth-order valence-electron chi connectivity index (χ4n) is 3.18. The van der Waals surface area contributed by atoms with E-state index in [2.05, 4.69) is 15.8 Å². The highest BCUT2D eigenvalue weighted by atomic mass is 16.5. The molecule has 4 rings (SSSR count). The Morgan fingerprint density at radius 2 is 1.84 bits per heavy atom. The van der Waals surface area contributed by atoms with Crippen LogP contribution in [-0.2, 0) is 6.61 Å². The van der Waals surface area contributed by atoms with Gasteiger partial charge in [0.15, 0.2) is 0 Å². The van der Waals surface area contributed by atoms with Gasteiger partial charge in [0.05, 0.1) is 11.3 Å². The van der Waals surface area contributed by atoms with Gasteiger partial charge in [-0.3, -0.25) is 9.59 Å². The first-order valence-electron chi connectivity index (χ1n) is 10.3. The number of ether oxygens (including phenoxy) is 1. The highest BCUT2D eigenvalue weighted by Crippen LogP contribution is 2.23. The average molecular weight is 419 g/mol. The number of nitrogens with one attached hydrogen (secondary N) is 2. The molecule has 2 amide bonds. The number of carbonyl (C=O) groups excluding carboxylic acids is 2. The van der Waals surface area contributed by atoms with Crippen molar-refractivity contribution < 1.29 is 18.8 Å². The molecule has 0 bridgehead atoms. The lowest BCUT2D eigenvalue weighted by Gasteiger charge is -2.12. The van der Waals surface area contributed by atoms with Crippen molar-refractivity contribution in [3.63, 3.8) is 0 Å². The first kappa shape index (κ1) is 20.7. The normalized spacial score (nSPS) is 13.0. The zero-order valence-corrected chi connectivity index (χ0v) is 17.8. The largest absolute Gasteiger partial charge is 0.489 e. The molecule has 160 valence electrons. The summed E-state index contributed by atoms with van der Waals surface area (Å²) in [6.45, 7) is 5.90. The molecule has 1 aromatic heterocycles. The van der Waals surface area contributed by atoms with Crippen molar-refractivity contribution in [3.8, 4) is 5.75 Å². The van der Waals surface area contributed by atoms with Crippen molar-refractivity contribution in [1.29, 1.82) is 0 Å². The Morgan fingerprint density at radius 3 is 2.55 bits per heavy atom. The van der Waals surface area contributed by atoms with E-state index in [1.807, 2.05) is 26.8 Å². The molecule has 0 radical (unpaired) electrons. The summed E-state index contributed by atoms with van der Waals surface area (Å²) < 4.78 is 11.0. The predicted molar refractivity (Wildman–Crippen MR) is 116 cm³/mol. The van der Waals surface area contributed by atoms with Crippen LogP contribution in [0.4, 0.5) is 5.69 Å². The first-order chi connectivity index (χ1) is 14.9. The predicted octanol–water partition coefficient (Wildman–Crippen LogP) is 4.32. The number of anilines is 1. The number of nitrogens with zero attached hydrogens (tertiary/aromatic N) is 1. The molecule has 7 nitrogen and oxygen atoms in total. The van der Waals surface area contributed by atoms with Gasteiger partial charge < -0.3 is 19.9 Å². The van der Waals surface area contributed by atoms with Crippen LogP contribution in [-0.4, -0.2) is 23.0 Å². The SMILES string of the molecule is Cc1ccc(C(=O)NC2CC2)cc1NC(=O)c1cccc(OCc2c(C)noc2C)c1. The van der Waals surface area contributed by atoms with Crippen molar-refractivity contribution in [3.05, 3.63) is 76.2 Å². The van der Waals surface area contributed by atoms with Crippen LogP contribution in [0.5, 0.6) is 5.75 Å². The Morgan fingerprint density at radius 1 is 1.06 bits per heavy atom. The molecule has 1 fully saturated rings. The minimum atomic E-state index is -0.273. The highest BCUT2D eigenvalue weighted by molar-refractivity contribution is 6.05. The Kier molecular flexibility index (Phi) is 5.75. The molecule has 2 N–H and O–H groups in total. The molecule has 1 aliphatic carbocycles. The molecular weight excluding hydrogens is 394 g/mol. The van der Waals surface area contributed by atoms with E-state index in [1.165, 1.54) is 0 Å². The summed E-state index contributed by atoms with van der Waals surface area (Å²) >= 11 is 0. The molecule has 0 aliphatic heterocycles. The van der Waals surface area contributed by atoms with Crippen LogP contribution >= 0.6 is 0 Å². The third-order valence-corrected chi connectivity index (χ3v) is 5.32. The number of benzene rings is 2. The number of hydrogen-bond donors (Lipinski definition) is 2. The van der Waals surface area contributed by atoms with Gasteiger partial charge in [-0.15, -0.1) is 0 Å². The summed E-state index contributed by atoms with van der Waals surface area (Å²) in [5, 5.41) is 9.79. The topological polar surface area (TPSA) is 93.5 Å². The summed E-state index contributed by atoms with van der Waals surface area (Å²) in [7, 11) is 0. The molecule has 0 saturated heterocycles. The maximum Gasteiger partial charge on any atom is 0.255 e. The van der Waals surface area contributed by atoms with E-state index in [4.69, 9.17) is 9.26 Å². The van der Waals surface area contributed by atoms with Gasteiger partial charge in [0.25, 0.3) is 11.8 Å². The molecule has 3 aromatic rings. The Balaban J connectivity index is 1.45. The highest BCUT2D eigenvalue weighted by Gasteiger charge is 2.24. The minimum absolute atomic E-state index is 0.118. The Bertz CT molecular complexity index is 1110. The van der Waals surface area contributed by atoms with Gasteiger partial charge in [0, 0.05) is 22.9 Å². The van der Waals surface area contributed by atoms with Crippen LogP contribution in [0.15, 0.2) is 47.0 Å². The van der Waals surface area contributed by atoms with Gasteiger partial charge in [-0.05, 0) is 69.5 Å². The van der Waals surface area contributed by atoms with Crippen molar-refractivity contribution >= 4 is 17.5 Å². The molecule has 2 aromatic carbocycles. The van der Waals surface area contributed by atoms with Crippen molar-refractivity contribution in [2.45, 2.75) is 46.3 Å². The number of hydrogen-bond acceptors (Lipinski definition) is 5. The fourth-order valence-corrected chi connectivity index (χ4v) is 3.18. The molecule has 0 unspecified atom stereocenters. The summed E-state index contributed by atoms with van der Waals surface area (Å²) in [6, 6.07) is 12.6. The van der Waals surface area contributed by atoms with E-state index in [1.54, 1.807) is 36.4 Å². The first-order valence-corrected chi connectivity index (χ1v) is 10.3. The molecular formula is C24H25N3O4. The van der Waals surface area contributed by atoms with Crippen LogP contribution in [0.25, 0.3) is 0 Å². The zero-order valence-electron chi connectivity index (χ0n) is 17.8. The summed E-state index contributed by atoms with van der Waals surface area (Å²) in [4.78, 5) is 25.2. The number of carbonyl (C=O) groups is 2. The van der Waals surface area contributed by atoms with Crippen LogP contribution in [0, 0.1) is 20.8 Å². The van der Waals surface area contributed by atoms with Gasteiger partial charge in [0.2, 0.25) is 0 Å². The van der Waals surface area contributed by atoms with Gasteiger partial charge in [-0.25, -0.2) is 0 Å². The lowest BCUT2D eigenvalue weighted by Crippen LogP contribution is -2.25. The molecule has 1 heterocycles. The maximum atomic E-state index is 12.8. The van der Waals surface area contributed by atoms with E-state index in [-0.39, 0.29) is 17.9 Å². The number of amides is 2. The quantitative estimate of drug-likeness (QED) is 0.595. The Hall–Kier alpha value is -3.61. The molecule has 1 saturated carbocycles. The van der Waals surface area contributed by atoms with Crippen LogP contribution in [0.2, 0.25) is 0 Å². The number of rotatable bonds is 7. The second-order valence-corrected chi connectivity index (χ2v) is 7.85. The fraction of sp³-hybridized carbons (Fsp3) is 0.292. The second kappa shape index (κ2) is 8.63. The lowest BCUT2D eigenvalue weighted by molar-refractivity contribution is 0.0949. The van der Waals surface area contributed by atoms with Crippen LogP contribution in [0.3, 0.4) is 0 Å². The van der Waals surface area contributed by atoms with E-state index >= 15 is 0 Å². The minimum Gasteiger partial charge on any atom is -0.489 e. The second-order valence-electron chi connectivity index (χ2n) is 7.85. The monoisotopic (exact) mass is 419 g/mol. The van der Waals surface area contributed by atoms with Crippen LogP contribution < -0.4 is 15.4 Å². The molecule has 0 atom stereocenters. The van der Waals surface area contributed by atoms with Crippen LogP contribution in [0.1, 0.15) is 56.1 Å². The van der Waals surface area contributed by atoms with E-state index in [9.17, 15) is 9.59 Å². The standard InChI is InChI=1S/C24H25N3O4/c1-14-7-8-18(23(28)25-19-9-10-19)12-22(14)26-24(29)17-5-4-6-20(11-17)30-13-21-15(2)27-31-16(21)3/h4-8,11-12,19H,9-10,13H2,1-3H3,(H,25,28)(H,26,29). The van der Waals surface area contributed by atoms with Crippen molar-refractivity contribution in [2.75, 3.05) is 5.32 Å². The van der Waals surface area contributed by atoms with Gasteiger partial charge in [0.1, 0.15) is 18.1 Å². The third-order valence-electron chi connectivity index (χ3n) is 5.32. The van der Waals surface area contributed by atoms with Crippen molar-refractivity contribution in [1.82, 2.24) is 10.5 Å². The molecule has 0 spiro atoms. The number of aryl methyl sites for hydroxylation is 3. The summed E-state index contributed by atoms with van der Waals surface area (Å²) in [6.07, 6.45) is 2.05. The zero-order chi connectivity index (χ0) is 22.0. The molecule has 1 aliphatic rings. The van der Waals surface area contributed by atoms with E-state index in [0.717, 1.165) is 29.7 Å². The van der Waals surface area contributed by atoms with Gasteiger partial charge in [-0.1, -0.05) is 17.3 Å². The lowest BCUT2D eigenvalue weighted by atomic mass is 10.1. The third kappa shape index (κ3) is 4.94. The van der Waals surface area contributed by atoms with Crippen molar-refractivity contribution in [2.24, 2.45) is 0 Å². The van der Waals surface area contributed by atoms with Gasteiger partial charge in [-0.2, -0.15) is 0 Å². The molecule has 7 heteroatoms. The van der Waals surface area contributed by atoms with E-state index in [0.29, 0.717) is 34.9 Å². The van der Waals surface area contributed by atoms with Gasteiger partial charge >= 0.3 is 0 Å². The smallest absolute Gasteiger partial charge is 0.255 e. The molecule has 31 heavy (non-hydrogen) atoms. The summed E-state index contributed by atoms with van der Waals surface area (Å²) in [5.74, 6) is 0.896. The Labute approximate surface area is 180 Å².